The summed E-state index contributed by atoms with van der Waals surface area (Å²) < 4.78 is 11.5. The van der Waals surface area contributed by atoms with Crippen molar-refractivity contribution in [3.05, 3.63) is 29.8 Å². The molecule has 0 aromatic heterocycles. The van der Waals surface area contributed by atoms with E-state index in [1.807, 2.05) is 45.0 Å². The molecule has 0 saturated heterocycles. The molecular formula is C19H30O3. The highest BCUT2D eigenvalue weighted by atomic mass is 16.5. The molecule has 1 rings (SSSR count). The van der Waals surface area contributed by atoms with Crippen molar-refractivity contribution >= 4 is 6.29 Å². The van der Waals surface area contributed by atoms with E-state index in [1.54, 1.807) is 0 Å². The molecule has 0 aliphatic rings. The number of carbonyl (C=O) groups is 1. The maximum atomic E-state index is 11.3. The Balaban J connectivity index is 2.63. The van der Waals surface area contributed by atoms with Crippen LogP contribution in [-0.4, -0.2) is 19.5 Å². The fourth-order valence-corrected chi connectivity index (χ4v) is 2.43. The SMILES string of the molecule is CCCCCCOc1ccc(C(OCC)C(C)(C)C=O)cc1. The van der Waals surface area contributed by atoms with Crippen molar-refractivity contribution < 1.29 is 14.3 Å². The van der Waals surface area contributed by atoms with E-state index in [4.69, 9.17) is 9.47 Å². The summed E-state index contributed by atoms with van der Waals surface area (Å²) in [6, 6.07) is 7.91. The van der Waals surface area contributed by atoms with Crippen LogP contribution < -0.4 is 4.74 Å². The number of hydrogen-bond acceptors (Lipinski definition) is 3. The summed E-state index contributed by atoms with van der Waals surface area (Å²) in [5, 5.41) is 0. The average molecular weight is 306 g/mol. The third kappa shape index (κ3) is 5.80. The van der Waals surface area contributed by atoms with Crippen molar-refractivity contribution in [2.24, 2.45) is 5.41 Å². The molecule has 0 aliphatic carbocycles. The van der Waals surface area contributed by atoms with Gasteiger partial charge >= 0.3 is 0 Å². The fourth-order valence-electron chi connectivity index (χ4n) is 2.43. The number of unbranched alkanes of at least 4 members (excludes halogenated alkanes) is 3. The molecule has 124 valence electrons. The second-order valence-electron chi connectivity index (χ2n) is 6.25. The number of hydrogen-bond donors (Lipinski definition) is 0. The van der Waals surface area contributed by atoms with Crippen molar-refractivity contribution in [2.75, 3.05) is 13.2 Å². The quantitative estimate of drug-likeness (QED) is 0.429. The lowest BCUT2D eigenvalue weighted by Gasteiger charge is -2.29. The van der Waals surface area contributed by atoms with E-state index in [1.165, 1.54) is 19.3 Å². The minimum absolute atomic E-state index is 0.228. The van der Waals surface area contributed by atoms with Crippen LogP contribution in [0.25, 0.3) is 0 Å². The molecule has 1 aromatic carbocycles. The topological polar surface area (TPSA) is 35.5 Å². The van der Waals surface area contributed by atoms with Gasteiger partial charge in [-0.3, -0.25) is 0 Å². The van der Waals surface area contributed by atoms with Gasteiger partial charge in [-0.1, -0.05) is 52.2 Å². The second kappa shape index (κ2) is 9.62. The van der Waals surface area contributed by atoms with E-state index < -0.39 is 5.41 Å². The number of ether oxygens (including phenoxy) is 2. The summed E-state index contributed by atoms with van der Waals surface area (Å²) in [5.74, 6) is 0.874. The zero-order valence-corrected chi connectivity index (χ0v) is 14.4. The highest BCUT2D eigenvalue weighted by Crippen LogP contribution is 2.35. The Morgan fingerprint density at radius 3 is 2.32 bits per heavy atom. The van der Waals surface area contributed by atoms with Crippen LogP contribution in [0.2, 0.25) is 0 Å². The van der Waals surface area contributed by atoms with Gasteiger partial charge in [0, 0.05) is 6.61 Å². The Bertz CT molecular complexity index is 423. The lowest BCUT2D eigenvalue weighted by Crippen LogP contribution is -2.26. The first-order valence-electron chi connectivity index (χ1n) is 8.35. The van der Waals surface area contributed by atoms with Crippen molar-refractivity contribution in [3.63, 3.8) is 0 Å². The predicted molar refractivity (Wildman–Crippen MR) is 90.3 cm³/mol. The molecular weight excluding hydrogens is 276 g/mol. The maximum Gasteiger partial charge on any atom is 0.128 e. The number of rotatable bonds is 11. The lowest BCUT2D eigenvalue weighted by atomic mass is 9.84. The zero-order valence-electron chi connectivity index (χ0n) is 14.4. The van der Waals surface area contributed by atoms with Gasteiger partial charge in [0.2, 0.25) is 0 Å². The molecule has 0 heterocycles. The van der Waals surface area contributed by atoms with Crippen LogP contribution in [0.3, 0.4) is 0 Å². The van der Waals surface area contributed by atoms with Crippen LogP contribution in [-0.2, 0) is 9.53 Å². The fraction of sp³-hybridized carbons (Fsp3) is 0.632. The summed E-state index contributed by atoms with van der Waals surface area (Å²) in [5.41, 5.74) is 0.468. The summed E-state index contributed by atoms with van der Waals surface area (Å²) in [6.07, 6.45) is 5.54. The van der Waals surface area contributed by atoms with E-state index in [0.717, 1.165) is 30.6 Å². The van der Waals surface area contributed by atoms with Crippen LogP contribution in [0, 0.1) is 5.41 Å². The Morgan fingerprint density at radius 1 is 1.09 bits per heavy atom. The molecule has 0 radical (unpaired) electrons. The zero-order chi connectivity index (χ0) is 16.4. The Kier molecular flexibility index (Phi) is 8.18. The van der Waals surface area contributed by atoms with Gasteiger partial charge in [0.15, 0.2) is 0 Å². The normalized spacial score (nSPS) is 12.9. The number of carbonyl (C=O) groups excluding carboxylic acids is 1. The first kappa shape index (κ1) is 18.7. The van der Waals surface area contributed by atoms with Crippen molar-refractivity contribution in [1.82, 2.24) is 0 Å². The van der Waals surface area contributed by atoms with Crippen LogP contribution >= 0.6 is 0 Å². The summed E-state index contributed by atoms with van der Waals surface area (Å²) in [7, 11) is 0. The van der Waals surface area contributed by atoms with Crippen LogP contribution in [0.5, 0.6) is 5.75 Å². The first-order valence-corrected chi connectivity index (χ1v) is 8.35. The molecule has 0 spiro atoms. The van der Waals surface area contributed by atoms with Gasteiger partial charge in [-0.15, -0.1) is 0 Å². The van der Waals surface area contributed by atoms with E-state index in [-0.39, 0.29) is 6.10 Å². The molecule has 0 N–H and O–H groups in total. The van der Waals surface area contributed by atoms with Gasteiger partial charge < -0.3 is 14.3 Å². The van der Waals surface area contributed by atoms with Gasteiger partial charge in [-0.05, 0) is 31.0 Å². The molecule has 0 bridgehead atoms. The van der Waals surface area contributed by atoms with E-state index in [9.17, 15) is 4.79 Å². The molecule has 0 fully saturated rings. The Morgan fingerprint density at radius 2 is 1.77 bits per heavy atom. The van der Waals surface area contributed by atoms with E-state index in [0.29, 0.717) is 6.61 Å². The molecule has 0 saturated carbocycles. The highest BCUT2D eigenvalue weighted by molar-refractivity contribution is 5.60. The molecule has 1 unspecified atom stereocenters. The largest absolute Gasteiger partial charge is 0.494 e. The molecule has 0 amide bonds. The minimum atomic E-state index is -0.543. The van der Waals surface area contributed by atoms with E-state index >= 15 is 0 Å². The molecule has 3 nitrogen and oxygen atoms in total. The van der Waals surface area contributed by atoms with Gasteiger partial charge in [-0.2, -0.15) is 0 Å². The number of benzene rings is 1. The van der Waals surface area contributed by atoms with Crippen LogP contribution in [0.4, 0.5) is 0 Å². The summed E-state index contributed by atoms with van der Waals surface area (Å²) >= 11 is 0. The van der Waals surface area contributed by atoms with Gasteiger partial charge in [-0.25, -0.2) is 0 Å². The van der Waals surface area contributed by atoms with E-state index in [2.05, 4.69) is 6.92 Å². The lowest BCUT2D eigenvalue weighted by molar-refractivity contribution is -0.123. The van der Waals surface area contributed by atoms with Gasteiger partial charge in [0.1, 0.15) is 12.0 Å². The van der Waals surface area contributed by atoms with Crippen molar-refractivity contribution in [3.8, 4) is 5.75 Å². The maximum absolute atomic E-state index is 11.3. The Labute approximate surface area is 135 Å². The third-order valence-corrected chi connectivity index (χ3v) is 3.76. The molecule has 1 atom stereocenters. The molecule has 0 aliphatic heterocycles. The highest BCUT2D eigenvalue weighted by Gasteiger charge is 2.31. The standard InChI is InChI=1S/C19H30O3/c1-5-7-8-9-14-22-17-12-10-16(11-13-17)18(21-6-2)19(3,4)15-20/h10-13,15,18H,5-9,14H2,1-4H3. The minimum Gasteiger partial charge on any atom is -0.494 e. The number of aldehydes is 1. The molecule has 1 aromatic rings. The smallest absolute Gasteiger partial charge is 0.128 e. The predicted octanol–water partition coefficient (Wildman–Crippen LogP) is 4.95. The summed E-state index contributed by atoms with van der Waals surface area (Å²) in [6.45, 7) is 9.29. The van der Waals surface area contributed by atoms with Crippen molar-refractivity contribution in [2.45, 2.75) is 59.5 Å². The first-order chi connectivity index (χ1) is 10.5. The Hall–Kier alpha value is -1.35. The monoisotopic (exact) mass is 306 g/mol. The van der Waals surface area contributed by atoms with Gasteiger partial charge in [0.25, 0.3) is 0 Å². The second-order valence-corrected chi connectivity index (χ2v) is 6.25. The molecule has 22 heavy (non-hydrogen) atoms. The average Bonchev–Trinajstić information content (AvgIpc) is 2.53. The third-order valence-electron chi connectivity index (χ3n) is 3.76. The van der Waals surface area contributed by atoms with Crippen LogP contribution in [0.1, 0.15) is 65.0 Å². The van der Waals surface area contributed by atoms with Crippen LogP contribution in [0.15, 0.2) is 24.3 Å². The van der Waals surface area contributed by atoms with Gasteiger partial charge in [0.05, 0.1) is 18.1 Å². The summed E-state index contributed by atoms with van der Waals surface area (Å²) in [4.78, 5) is 11.3. The molecule has 3 heteroatoms. The van der Waals surface area contributed by atoms with Crippen molar-refractivity contribution in [1.29, 1.82) is 0 Å².